The molecule has 2 aromatic heterocycles. The number of morpholine rings is 1. The van der Waals surface area contributed by atoms with Gasteiger partial charge in [0.05, 0.1) is 31.7 Å². The number of anilines is 1. The lowest BCUT2D eigenvalue weighted by Gasteiger charge is -2.28. The highest BCUT2D eigenvalue weighted by Crippen LogP contribution is 2.21. The number of aromatic nitrogens is 2. The maximum atomic E-state index is 12.6. The number of hydrogen-bond acceptors (Lipinski definition) is 7. The van der Waals surface area contributed by atoms with Gasteiger partial charge in [-0.3, -0.25) is 4.79 Å². The second-order valence-electron chi connectivity index (χ2n) is 7.08. The predicted molar refractivity (Wildman–Crippen MR) is 123 cm³/mol. The van der Waals surface area contributed by atoms with Gasteiger partial charge in [0.15, 0.2) is 0 Å². The van der Waals surface area contributed by atoms with E-state index in [1.54, 1.807) is 24.5 Å². The average molecular weight is 431 g/mol. The summed E-state index contributed by atoms with van der Waals surface area (Å²) < 4.78 is 10.9. The van der Waals surface area contributed by atoms with Crippen molar-refractivity contribution in [1.29, 1.82) is 0 Å². The van der Waals surface area contributed by atoms with Crippen LogP contribution in [0.3, 0.4) is 0 Å². The Kier molecular flexibility index (Phi) is 7.04. The van der Waals surface area contributed by atoms with Gasteiger partial charge in [-0.2, -0.15) is 5.10 Å². The molecule has 3 aromatic rings. The van der Waals surface area contributed by atoms with Gasteiger partial charge in [0.25, 0.3) is 5.91 Å². The highest BCUT2D eigenvalue weighted by atomic mass is 16.5. The Balaban J connectivity index is 1.44. The third-order valence-corrected chi connectivity index (χ3v) is 4.94. The second kappa shape index (κ2) is 10.5. The van der Waals surface area contributed by atoms with Gasteiger partial charge < -0.3 is 14.4 Å². The van der Waals surface area contributed by atoms with Crippen LogP contribution in [0.2, 0.25) is 0 Å². The molecule has 0 saturated carbocycles. The van der Waals surface area contributed by atoms with Crippen molar-refractivity contribution in [2.24, 2.45) is 5.10 Å². The van der Waals surface area contributed by atoms with E-state index in [2.05, 4.69) is 25.4 Å². The van der Waals surface area contributed by atoms with E-state index in [4.69, 9.17) is 9.47 Å². The predicted octanol–water partition coefficient (Wildman–Crippen LogP) is 3.14. The second-order valence-corrected chi connectivity index (χ2v) is 7.08. The highest BCUT2D eigenvalue weighted by Gasteiger charge is 2.15. The zero-order valence-electron chi connectivity index (χ0n) is 17.9. The van der Waals surface area contributed by atoms with Gasteiger partial charge in [-0.05, 0) is 55.5 Å². The van der Waals surface area contributed by atoms with Gasteiger partial charge in [-0.25, -0.2) is 15.4 Å². The molecule has 164 valence electrons. The minimum atomic E-state index is -0.383. The molecule has 1 amide bonds. The number of nitrogens with one attached hydrogen (secondary N) is 1. The lowest BCUT2D eigenvalue weighted by atomic mass is 10.1. The van der Waals surface area contributed by atoms with E-state index < -0.39 is 0 Å². The summed E-state index contributed by atoms with van der Waals surface area (Å²) in [6.07, 6.45) is 3.35. The molecule has 8 nitrogen and oxygen atoms in total. The summed E-state index contributed by atoms with van der Waals surface area (Å²) in [4.78, 5) is 23.7. The first-order valence-corrected chi connectivity index (χ1v) is 10.6. The molecule has 0 radical (unpaired) electrons. The lowest BCUT2D eigenvalue weighted by Crippen LogP contribution is -2.37. The van der Waals surface area contributed by atoms with Crippen molar-refractivity contribution < 1.29 is 14.3 Å². The van der Waals surface area contributed by atoms with Crippen molar-refractivity contribution in [2.45, 2.75) is 6.92 Å². The summed E-state index contributed by atoms with van der Waals surface area (Å²) in [6.45, 7) is 5.43. The average Bonchev–Trinajstić information content (AvgIpc) is 2.85. The number of ether oxygens (including phenoxy) is 2. The first-order chi connectivity index (χ1) is 15.7. The van der Waals surface area contributed by atoms with Crippen LogP contribution in [0, 0.1) is 0 Å². The number of pyridine rings is 2. The van der Waals surface area contributed by atoms with Crippen LogP contribution in [0.4, 0.5) is 5.82 Å². The van der Waals surface area contributed by atoms with Crippen LogP contribution in [-0.2, 0) is 4.74 Å². The van der Waals surface area contributed by atoms with Crippen molar-refractivity contribution in [3.05, 3.63) is 72.1 Å². The number of nitrogens with zero attached hydrogens (tertiary/aromatic N) is 4. The van der Waals surface area contributed by atoms with Gasteiger partial charge in [-0.15, -0.1) is 0 Å². The van der Waals surface area contributed by atoms with Gasteiger partial charge in [0.2, 0.25) is 0 Å². The van der Waals surface area contributed by atoms with Crippen LogP contribution in [0.1, 0.15) is 23.0 Å². The van der Waals surface area contributed by atoms with E-state index in [0.29, 0.717) is 25.5 Å². The maximum absolute atomic E-state index is 12.6. The van der Waals surface area contributed by atoms with Crippen LogP contribution in [-0.4, -0.2) is 55.0 Å². The van der Waals surface area contributed by atoms with Crippen LogP contribution >= 0.6 is 0 Å². The molecule has 1 fully saturated rings. The fourth-order valence-corrected chi connectivity index (χ4v) is 3.38. The number of rotatable bonds is 7. The standard InChI is InChI=1S/C24H25N5O3/c1-2-32-20-10-8-18(9-11-20)21-6-3-7-22(27-21)24(30)28-26-17-19-5-4-12-25-23(19)29-13-15-31-16-14-29/h3-12,17H,2,13-16H2,1H3,(H,28,30). The van der Waals surface area contributed by atoms with Crippen molar-refractivity contribution in [2.75, 3.05) is 37.8 Å². The smallest absolute Gasteiger partial charge is 0.289 e. The molecule has 0 unspecified atom stereocenters. The van der Waals surface area contributed by atoms with E-state index >= 15 is 0 Å². The lowest BCUT2D eigenvalue weighted by molar-refractivity contribution is 0.0950. The Morgan fingerprint density at radius 3 is 2.75 bits per heavy atom. The molecule has 0 atom stereocenters. The molecule has 1 saturated heterocycles. The quantitative estimate of drug-likeness (QED) is 0.457. The Morgan fingerprint density at radius 2 is 1.97 bits per heavy atom. The maximum Gasteiger partial charge on any atom is 0.289 e. The van der Waals surface area contributed by atoms with Crippen molar-refractivity contribution in [3.63, 3.8) is 0 Å². The summed E-state index contributed by atoms with van der Waals surface area (Å²) in [7, 11) is 0. The molecular formula is C24H25N5O3. The van der Waals surface area contributed by atoms with E-state index in [0.717, 1.165) is 35.8 Å². The first kappa shape index (κ1) is 21.5. The fraction of sp³-hybridized carbons (Fsp3) is 0.250. The third-order valence-electron chi connectivity index (χ3n) is 4.94. The minimum absolute atomic E-state index is 0.285. The van der Waals surface area contributed by atoms with Crippen LogP contribution in [0.25, 0.3) is 11.3 Å². The first-order valence-electron chi connectivity index (χ1n) is 10.6. The Labute approximate surface area is 186 Å². The molecular weight excluding hydrogens is 406 g/mol. The number of amides is 1. The molecule has 1 N–H and O–H groups in total. The minimum Gasteiger partial charge on any atom is -0.494 e. The monoisotopic (exact) mass is 431 g/mol. The zero-order valence-corrected chi connectivity index (χ0v) is 17.9. The van der Waals surface area contributed by atoms with Crippen molar-refractivity contribution in [1.82, 2.24) is 15.4 Å². The SMILES string of the molecule is CCOc1ccc(-c2cccc(C(=O)NN=Cc3cccnc3N3CCOCC3)n2)cc1. The van der Waals surface area contributed by atoms with E-state index in [-0.39, 0.29) is 11.6 Å². The van der Waals surface area contributed by atoms with E-state index in [9.17, 15) is 4.79 Å². The fourth-order valence-electron chi connectivity index (χ4n) is 3.38. The van der Waals surface area contributed by atoms with Gasteiger partial charge in [-0.1, -0.05) is 6.07 Å². The molecule has 0 spiro atoms. The van der Waals surface area contributed by atoms with E-state index in [1.807, 2.05) is 49.4 Å². The highest BCUT2D eigenvalue weighted by molar-refractivity contribution is 5.94. The number of hydrogen-bond donors (Lipinski definition) is 1. The zero-order chi connectivity index (χ0) is 22.2. The topological polar surface area (TPSA) is 88.9 Å². The number of carbonyl (C=O) groups excluding carboxylic acids is 1. The van der Waals surface area contributed by atoms with Crippen molar-refractivity contribution >= 4 is 17.9 Å². The summed E-state index contributed by atoms with van der Waals surface area (Å²) in [5.74, 6) is 1.24. The molecule has 1 aliphatic rings. The van der Waals surface area contributed by atoms with Gasteiger partial charge in [0.1, 0.15) is 17.3 Å². The van der Waals surface area contributed by atoms with E-state index in [1.165, 1.54) is 0 Å². The molecule has 4 rings (SSSR count). The number of carbonyl (C=O) groups is 1. The molecule has 32 heavy (non-hydrogen) atoms. The van der Waals surface area contributed by atoms with Crippen LogP contribution in [0.15, 0.2) is 65.9 Å². The molecule has 8 heteroatoms. The number of benzene rings is 1. The molecule has 0 bridgehead atoms. The third kappa shape index (κ3) is 5.28. The normalized spacial score (nSPS) is 13.8. The van der Waals surface area contributed by atoms with Crippen LogP contribution in [0.5, 0.6) is 5.75 Å². The Morgan fingerprint density at radius 1 is 1.16 bits per heavy atom. The van der Waals surface area contributed by atoms with Crippen molar-refractivity contribution in [3.8, 4) is 17.0 Å². The van der Waals surface area contributed by atoms with Crippen LogP contribution < -0.4 is 15.1 Å². The number of hydrazone groups is 1. The Hall–Kier alpha value is -3.78. The molecule has 1 aliphatic heterocycles. The van der Waals surface area contributed by atoms with Gasteiger partial charge >= 0.3 is 0 Å². The molecule has 1 aromatic carbocycles. The summed E-state index contributed by atoms with van der Waals surface area (Å²) in [5, 5.41) is 4.13. The summed E-state index contributed by atoms with van der Waals surface area (Å²) >= 11 is 0. The molecule has 0 aliphatic carbocycles. The summed E-state index contributed by atoms with van der Waals surface area (Å²) in [6, 6.07) is 16.7. The van der Waals surface area contributed by atoms with Gasteiger partial charge in [0, 0.05) is 30.4 Å². The molecule has 3 heterocycles. The summed E-state index contributed by atoms with van der Waals surface area (Å²) in [5.41, 5.74) is 5.27. The Bertz CT molecular complexity index is 1080. The largest absolute Gasteiger partial charge is 0.494 e.